The number of nitrogens with zero attached hydrogens (tertiary/aromatic N) is 1. The number of aromatic hydroxyl groups is 1. The molecule has 25 heavy (non-hydrogen) atoms. The van der Waals surface area contributed by atoms with Gasteiger partial charge in [0.2, 0.25) is 5.91 Å². The van der Waals surface area contributed by atoms with Gasteiger partial charge in [0, 0.05) is 13.0 Å². The summed E-state index contributed by atoms with van der Waals surface area (Å²) in [5.41, 5.74) is 1.91. The number of para-hydroxylation sites is 1. The van der Waals surface area contributed by atoms with Crippen molar-refractivity contribution in [3.8, 4) is 11.5 Å². The van der Waals surface area contributed by atoms with E-state index in [-0.39, 0.29) is 17.7 Å². The van der Waals surface area contributed by atoms with Crippen LogP contribution in [0.5, 0.6) is 11.5 Å². The number of methoxy groups -OCH3 is 1. The standard InChI is InChI=1S/C20H26N2O3/c1-22(2)18(15-8-11-17(25-3)12-9-15)14-21-20(24)13-10-16-6-4-5-7-19(16)23/h4-9,11-12,18,23H,10,13-14H2,1-3H3,(H,21,24). The van der Waals surface area contributed by atoms with Crippen molar-refractivity contribution in [3.63, 3.8) is 0 Å². The molecule has 1 unspecified atom stereocenters. The zero-order valence-corrected chi connectivity index (χ0v) is 15.0. The van der Waals surface area contributed by atoms with Gasteiger partial charge in [-0.3, -0.25) is 4.79 Å². The van der Waals surface area contributed by atoms with Crippen molar-refractivity contribution in [1.29, 1.82) is 0 Å². The van der Waals surface area contributed by atoms with Crippen molar-refractivity contribution in [2.24, 2.45) is 0 Å². The summed E-state index contributed by atoms with van der Waals surface area (Å²) in [7, 11) is 5.62. The van der Waals surface area contributed by atoms with E-state index in [0.717, 1.165) is 16.9 Å². The number of nitrogens with one attached hydrogen (secondary N) is 1. The molecule has 2 aromatic rings. The first-order valence-electron chi connectivity index (χ1n) is 8.35. The van der Waals surface area contributed by atoms with Crippen molar-refractivity contribution in [1.82, 2.24) is 10.2 Å². The van der Waals surface area contributed by atoms with Crippen molar-refractivity contribution in [2.75, 3.05) is 27.7 Å². The number of ether oxygens (including phenoxy) is 1. The van der Waals surface area contributed by atoms with E-state index in [2.05, 4.69) is 10.2 Å². The van der Waals surface area contributed by atoms with Gasteiger partial charge in [0.25, 0.3) is 0 Å². The zero-order chi connectivity index (χ0) is 18.2. The molecule has 0 heterocycles. The van der Waals surface area contributed by atoms with E-state index >= 15 is 0 Å². The lowest BCUT2D eigenvalue weighted by Gasteiger charge is -2.25. The molecule has 5 nitrogen and oxygen atoms in total. The van der Waals surface area contributed by atoms with E-state index < -0.39 is 0 Å². The third-order valence-electron chi connectivity index (χ3n) is 4.23. The Hall–Kier alpha value is -2.53. The summed E-state index contributed by atoms with van der Waals surface area (Å²) < 4.78 is 5.19. The van der Waals surface area contributed by atoms with E-state index in [1.807, 2.05) is 50.5 Å². The highest BCUT2D eigenvalue weighted by molar-refractivity contribution is 5.76. The summed E-state index contributed by atoms with van der Waals surface area (Å²) in [6.07, 6.45) is 0.869. The second-order valence-corrected chi connectivity index (χ2v) is 6.19. The number of likely N-dealkylation sites (N-methyl/N-ethyl adjacent to an activating group) is 1. The lowest BCUT2D eigenvalue weighted by atomic mass is 10.1. The first-order valence-corrected chi connectivity index (χ1v) is 8.35. The van der Waals surface area contributed by atoms with Crippen molar-refractivity contribution in [3.05, 3.63) is 59.7 Å². The molecule has 0 aliphatic rings. The fourth-order valence-electron chi connectivity index (χ4n) is 2.69. The van der Waals surface area contributed by atoms with Crippen LogP contribution in [0.2, 0.25) is 0 Å². The molecule has 1 atom stereocenters. The molecule has 0 fully saturated rings. The van der Waals surface area contributed by atoms with Gasteiger partial charge >= 0.3 is 0 Å². The number of phenolic OH excluding ortho intramolecular Hbond substituents is 1. The van der Waals surface area contributed by atoms with Gasteiger partial charge in [0.05, 0.1) is 13.2 Å². The molecular formula is C20H26N2O3. The lowest BCUT2D eigenvalue weighted by Crippen LogP contribution is -2.34. The average Bonchev–Trinajstić information content (AvgIpc) is 2.61. The highest BCUT2D eigenvalue weighted by Crippen LogP contribution is 2.21. The molecule has 2 rings (SSSR count). The summed E-state index contributed by atoms with van der Waals surface area (Å²) >= 11 is 0. The Morgan fingerprint density at radius 1 is 1.16 bits per heavy atom. The van der Waals surface area contributed by atoms with Crippen LogP contribution in [0.25, 0.3) is 0 Å². The molecule has 2 N–H and O–H groups in total. The lowest BCUT2D eigenvalue weighted by molar-refractivity contribution is -0.121. The Bertz CT molecular complexity index is 684. The molecule has 0 saturated heterocycles. The van der Waals surface area contributed by atoms with Crippen LogP contribution in [0.15, 0.2) is 48.5 Å². The maximum Gasteiger partial charge on any atom is 0.220 e. The minimum atomic E-state index is -0.0244. The second-order valence-electron chi connectivity index (χ2n) is 6.19. The summed E-state index contributed by atoms with van der Waals surface area (Å²) in [5.74, 6) is 1.02. The van der Waals surface area contributed by atoms with Crippen molar-refractivity contribution >= 4 is 5.91 Å². The van der Waals surface area contributed by atoms with E-state index in [0.29, 0.717) is 19.4 Å². The topological polar surface area (TPSA) is 61.8 Å². The number of carbonyl (C=O) groups is 1. The monoisotopic (exact) mass is 342 g/mol. The SMILES string of the molecule is COc1ccc(C(CNC(=O)CCc2ccccc2O)N(C)C)cc1. The number of aryl methyl sites for hydroxylation is 1. The Labute approximate surface area is 149 Å². The fraction of sp³-hybridized carbons (Fsp3) is 0.350. The highest BCUT2D eigenvalue weighted by Gasteiger charge is 2.15. The van der Waals surface area contributed by atoms with Crippen LogP contribution in [0.3, 0.4) is 0 Å². The number of benzene rings is 2. The predicted molar refractivity (Wildman–Crippen MR) is 98.9 cm³/mol. The van der Waals surface area contributed by atoms with Crippen LogP contribution in [-0.4, -0.2) is 43.7 Å². The molecule has 0 bridgehead atoms. The van der Waals surface area contributed by atoms with E-state index in [1.165, 1.54) is 0 Å². The third-order valence-corrected chi connectivity index (χ3v) is 4.23. The molecule has 5 heteroatoms. The van der Waals surface area contributed by atoms with Crippen LogP contribution in [0.4, 0.5) is 0 Å². The largest absolute Gasteiger partial charge is 0.508 e. The van der Waals surface area contributed by atoms with Gasteiger partial charge in [-0.15, -0.1) is 0 Å². The number of hydrogen-bond acceptors (Lipinski definition) is 4. The Kier molecular flexibility index (Phi) is 6.83. The van der Waals surface area contributed by atoms with Crippen molar-refractivity contribution < 1.29 is 14.6 Å². The molecule has 2 aromatic carbocycles. The van der Waals surface area contributed by atoms with Crippen LogP contribution in [-0.2, 0) is 11.2 Å². The summed E-state index contributed by atoms with van der Waals surface area (Å²) in [4.78, 5) is 14.2. The van der Waals surface area contributed by atoms with E-state index in [1.54, 1.807) is 19.2 Å². The second kappa shape index (κ2) is 9.08. The Morgan fingerprint density at radius 2 is 1.84 bits per heavy atom. The molecule has 0 radical (unpaired) electrons. The molecule has 1 amide bonds. The Morgan fingerprint density at radius 3 is 2.44 bits per heavy atom. The molecule has 0 saturated carbocycles. The maximum absolute atomic E-state index is 12.2. The summed E-state index contributed by atoms with van der Waals surface area (Å²) in [5, 5.41) is 12.7. The normalized spacial score (nSPS) is 12.0. The van der Waals surface area contributed by atoms with Crippen LogP contribution in [0, 0.1) is 0 Å². The number of rotatable bonds is 8. The minimum absolute atomic E-state index is 0.0244. The van der Waals surface area contributed by atoms with Crippen LogP contribution >= 0.6 is 0 Å². The number of amides is 1. The molecule has 0 aliphatic heterocycles. The smallest absolute Gasteiger partial charge is 0.220 e. The number of hydrogen-bond donors (Lipinski definition) is 2. The number of carbonyl (C=O) groups excluding carboxylic acids is 1. The fourth-order valence-corrected chi connectivity index (χ4v) is 2.69. The summed E-state index contributed by atoms with van der Waals surface area (Å²) in [6, 6.07) is 15.1. The summed E-state index contributed by atoms with van der Waals surface area (Å²) in [6.45, 7) is 0.527. The van der Waals surface area contributed by atoms with Gasteiger partial charge in [-0.2, -0.15) is 0 Å². The van der Waals surface area contributed by atoms with Crippen LogP contribution < -0.4 is 10.1 Å². The molecular weight excluding hydrogens is 316 g/mol. The Balaban J connectivity index is 1.89. The maximum atomic E-state index is 12.2. The van der Waals surface area contributed by atoms with Crippen molar-refractivity contribution in [2.45, 2.75) is 18.9 Å². The van der Waals surface area contributed by atoms with Crippen LogP contribution in [0.1, 0.15) is 23.6 Å². The van der Waals surface area contributed by atoms with Gasteiger partial charge in [-0.25, -0.2) is 0 Å². The van der Waals surface area contributed by atoms with E-state index in [4.69, 9.17) is 4.74 Å². The molecule has 0 spiro atoms. The third kappa shape index (κ3) is 5.50. The van der Waals surface area contributed by atoms with Gasteiger partial charge in [-0.1, -0.05) is 30.3 Å². The van der Waals surface area contributed by atoms with E-state index in [9.17, 15) is 9.90 Å². The van der Waals surface area contributed by atoms with Gasteiger partial charge in [0.1, 0.15) is 11.5 Å². The minimum Gasteiger partial charge on any atom is -0.508 e. The van der Waals surface area contributed by atoms with Gasteiger partial charge in [0.15, 0.2) is 0 Å². The highest BCUT2D eigenvalue weighted by atomic mass is 16.5. The quantitative estimate of drug-likeness (QED) is 0.774. The average molecular weight is 342 g/mol. The number of phenols is 1. The molecule has 0 aliphatic carbocycles. The van der Waals surface area contributed by atoms with Gasteiger partial charge in [-0.05, 0) is 49.8 Å². The first-order chi connectivity index (χ1) is 12.0. The molecule has 134 valence electrons. The first kappa shape index (κ1) is 18.8. The predicted octanol–water partition coefficient (Wildman–Crippen LogP) is 2.75. The zero-order valence-electron chi connectivity index (χ0n) is 15.0. The molecule has 0 aromatic heterocycles. The van der Waals surface area contributed by atoms with Gasteiger partial charge < -0.3 is 20.1 Å².